The molecule has 0 N–H and O–H groups in total. The van der Waals surface area contributed by atoms with Crippen molar-refractivity contribution in [2.24, 2.45) is 0 Å². The van der Waals surface area contributed by atoms with Gasteiger partial charge in [-0.05, 0) is 25.1 Å². The highest BCUT2D eigenvalue weighted by Gasteiger charge is 2.05. The summed E-state index contributed by atoms with van der Waals surface area (Å²) in [5.74, 6) is 0. The Morgan fingerprint density at radius 3 is 2.82 bits per heavy atom. The summed E-state index contributed by atoms with van der Waals surface area (Å²) in [5, 5.41) is 4.32. The van der Waals surface area contributed by atoms with Crippen molar-refractivity contribution in [2.45, 2.75) is 13.5 Å². The highest BCUT2D eigenvalue weighted by atomic mass is 79.9. The maximum Gasteiger partial charge on any atom is 0.267 e. The third kappa shape index (κ3) is 2.92. The number of hydrogen-bond donors (Lipinski definition) is 0. The molecule has 0 saturated carbocycles. The van der Waals surface area contributed by atoms with E-state index in [2.05, 4.69) is 27.6 Å². The average Bonchev–Trinajstić information content (AvgIpc) is 2.67. The fraction of sp³-hybridized carbons (Fsp3) is 0.167. The zero-order valence-corrected chi connectivity index (χ0v) is 11.7. The summed E-state index contributed by atoms with van der Waals surface area (Å²) in [4.78, 5) is 13.9. The van der Waals surface area contributed by atoms with Gasteiger partial charge in [-0.2, -0.15) is 5.10 Å². The second-order valence-corrected chi connectivity index (χ2v) is 6.05. The maximum atomic E-state index is 11.6. The number of aromatic nitrogens is 2. The van der Waals surface area contributed by atoms with Gasteiger partial charge in [0.1, 0.15) is 5.69 Å². The standard InChI is InChI=1S/C12H11BrN2OS/c1-8(13)7-15-12(16)6-4-10(14-15)11-5-3-9(2)17-11/h3-6H,1,7H2,2H3. The molecule has 5 heteroatoms. The first-order chi connectivity index (χ1) is 8.06. The van der Waals surface area contributed by atoms with Crippen molar-refractivity contribution >= 4 is 27.3 Å². The number of halogens is 1. The first kappa shape index (κ1) is 12.3. The van der Waals surface area contributed by atoms with Gasteiger partial charge in [-0.25, -0.2) is 4.68 Å². The van der Waals surface area contributed by atoms with Crippen LogP contribution in [0.5, 0.6) is 0 Å². The van der Waals surface area contributed by atoms with Crippen LogP contribution in [0.1, 0.15) is 4.88 Å². The summed E-state index contributed by atoms with van der Waals surface area (Å²) < 4.78 is 2.13. The van der Waals surface area contributed by atoms with Crippen molar-refractivity contribution in [1.82, 2.24) is 9.78 Å². The minimum atomic E-state index is -0.123. The van der Waals surface area contributed by atoms with Gasteiger partial charge in [0.15, 0.2) is 0 Å². The van der Waals surface area contributed by atoms with Gasteiger partial charge in [-0.15, -0.1) is 11.3 Å². The normalized spacial score (nSPS) is 10.5. The van der Waals surface area contributed by atoms with Gasteiger partial charge in [-0.3, -0.25) is 4.79 Å². The fourth-order valence-corrected chi connectivity index (χ4v) is 2.50. The maximum absolute atomic E-state index is 11.6. The van der Waals surface area contributed by atoms with E-state index < -0.39 is 0 Å². The van der Waals surface area contributed by atoms with Gasteiger partial charge in [0, 0.05) is 15.4 Å². The van der Waals surface area contributed by atoms with Crippen LogP contribution in [0.25, 0.3) is 10.6 Å². The zero-order valence-electron chi connectivity index (χ0n) is 9.31. The van der Waals surface area contributed by atoms with E-state index in [9.17, 15) is 4.79 Å². The molecule has 3 nitrogen and oxygen atoms in total. The second kappa shape index (κ2) is 4.98. The van der Waals surface area contributed by atoms with Gasteiger partial charge in [0.2, 0.25) is 0 Å². The van der Waals surface area contributed by atoms with E-state index >= 15 is 0 Å². The molecule has 0 radical (unpaired) electrons. The predicted octanol–water partition coefficient (Wildman–Crippen LogP) is 3.19. The van der Waals surface area contributed by atoms with Crippen molar-refractivity contribution in [2.75, 3.05) is 0 Å². The predicted molar refractivity (Wildman–Crippen MR) is 74.6 cm³/mol. The first-order valence-electron chi connectivity index (χ1n) is 5.04. The molecule has 0 unspecified atom stereocenters. The van der Waals surface area contributed by atoms with E-state index in [0.29, 0.717) is 6.54 Å². The molecule has 0 bridgehead atoms. The summed E-state index contributed by atoms with van der Waals surface area (Å²) >= 11 is 4.90. The molecule has 0 amide bonds. The van der Waals surface area contributed by atoms with Crippen LogP contribution < -0.4 is 5.56 Å². The number of thiophene rings is 1. The minimum Gasteiger partial charge on any atom is -0.268 e. The third-order valence-corrected chi connectivity index (χ3v) is 3.45. The lowest BCUT2D eigenvalue weighted by atomic mass is 10.3. The minimum absolute atomic E-state index is 0.123. The van der Waals surface area contributed by atoms with E-state index in [1.54, 1.807) is 17.4 Å². The van der Waals surface area contributed by atoms with Crippen LogP contribution >= 0.6 is 27.3 Å². The largest absolute Gasteiger partial charge is 0.268 e. The molecule has 0 spiro atoms. The Morgan fingerprint density at radius 1 is 1.47 bits per heavy atom. The van der Waals surface area contributed by atoms with Crippen molar-refractivity contribution < 1.29 is 0 Å². The molecule has 0 aliphatic rings. The van der Waals surface area contributed by atoms with Crippen LogP contribution in [0.15, 0.2) is 40.1 Å². The van der Waals surface area contributed by atoms with Gasteiger partial charge in [-0.1, -0.05) is 22.5 Å². The van der Waals surface area contributed by atoms with E-state index in [-0.39, 0.29) is 5.56 Å². The zero-order chi connectivity index (χ0) is 12.4. The van der Waals surface area contributed by atoms with Crippen molar-refractivity contribution in [3.63, 3.8) is 0 Å². The first-order valence-corrected chi connectivity index (χ1v) is 6.65. The number of aryl methyl sites for hydroxylation is 1. The summed E-state index contributed by atoms with van der Waals surface area (Å²) in [6.45, 7) is 6.15. The molecule has 88 valence electrons. The Bertz CT molecular complexity index is 615. The number of hydrogen-bond acceptors (Lipinski definition) is 3. The monoisotopic (exact) mass is 310 g/mol. The molecule has 0 aromatic carbocycles. The molecule has 2 aromatic rings. The van der Waals surface area contributed by atoms with Crippen LogP contribution in [0, 0.1) is 6.92 Å². The van der Waals surface area contributed by atoms with E-state index in [4.69, 9.17) is 0 Å². The highest BCUT2D eigenvalue weighted by molar-refractivity contribution is 9.11. The van der Waals surface area contributed by atoms with Crippen LogP contribution in [0.3, 0.4) is 0 Å². The quantitative estimate of drug-likeness (QED) is 0.872. The van der Waals surface area contributed by atoms with Crippen LogP contribution in [0.2, 0.25) is 0 Å². The number of allylic oxidation sites excluding steroid dienone is 1. The number of nitrogens with zero attached hydrogens (tertiary/aromatic N) is 2. The Hall–Kier alpha value is -1.20. The van der Waals surface area contributed by atoms with E-state index in [1.165, 1.54) is 15.6 Å². The Morgan fingerprint density at radius 2 is 2.24 bits per heavy atom. The average molecular weight is 311 g/mol. The lowest BCUT2D eigenvalue weighted by Gasteiger charge is -2.04. The highest BCUT2D eigenvalue weighted by Crippen LogP contribution is 2.25. The smallest absolute Gasteiger partial charge is 0.267 e. The second-order valence-electron chi connectivity index (χ2n) is 3.64. The van der Waals surface area contributed by atoms with Crippen LogP contribution in [0.4, 0.5) is 0 Å². The van der Waals surface area contributed by atoms with Crippen LogP contribution in [-0.4, -0.2) is 9.78 Å². The lowest BCUT2D eigenvalue weighted by molar-refractivity contribution is 0.653. The molecule has 17 heavy (non-hydrogen) atoms. The molecule has 0 aliphatic carbocycles. The van der Waals surface area contributed by atoms with Gasteiger partial charge >= 0.3 is 0 Å². The van der Waals surface area contributed by atoms with Gasteiger partial charge < -0.3 is 0 Å². The lowest BCUT2D eigenvalue weighted by Crippen LogP contribution is -2.22. The third-order valence-electron chi connectivity index (χ3n) is 2.18. The SMILES string of the molecule is C=C(Br)Cn1nc(-c2ccc(C)s2)ccc1=O. The summed E-state index contributed by atoms with van der Waals surface area (Å²) in [6.07, 6.45) is 0. The van der Waals surface area contributed by atoms with Crippen molar-refractivity contribution in [3.8, 4) is 10.6 Å². The number of rotatable bonds is 3. The Labute approximate surface area is 112 Å². The molecular formula is C12H11BrN2OS. The van der Waals surface area contributed by atoms with E-state index in [1.807, 2.05) is 19.1 Å². The molecule has 2 aromatic heterocycles. The van der Waals surface area contributed by atoms with E-state index in [0.717, 1.165) is 15.1 Å². The molecule has 2 heterocycles. The van der Waals surface area contributed by atoms with Gasteiger partial charge in [0.05, 0.1) is 11.4 Å². The van der Waals surface area contributed by atoms with Gasteiger partial charge in [0.25, 0.3) is 5.56 Å². The summed E-state index contributed by atoms with van der Waals surface area (Å²) in [7, 11) is 0. The molecule has 0 atom stereocenters. The van der Waals surface area contributed by atoms with Crippen LogP contribution in [-0.2, 0) is 6.54 Å². The fourth-order valence-electron chi connectivity index (χ4n) is 1.43. The van der Waals surface area contributed by atoms with Crippen molar-refractivity contribution in [3.05, 3.63) is 50.6 Å². The Kier molecular flexibility index (Phi) is 3.59. The summed E-state index contributed by atoms with van der Waals surface area (Å²) in [6, 6.07) is 7.34. The topological polar surface area (TPSA) is 34.9 Å². The molecule has 2 rings (SSSR count). The molecule has 0 fully saturated rings. The molecular weight excluding hydrogens is 300 g/mol. The molecule has 0 aliphatic heterocycles. The van der Waals surface area contributed by atoms with Crippen molar-refractivity contribution in [1.29, 1.82) is 0 Å². The molecule has 0 saturated heterocycles. The summed E-state index contributed by atoms with van der Waals surface area (Å²) in [5.41, 5.74) is 0.694. The Balaban J connectivity index is 2.43.